The van der Waals surface area contributed by atoms with Gasteiger partial charge in [0.15, 0.2) is 23.1 Å². The molecule has 0 fully saturated rings. The first kappa shape index (κ1) is 33.3. The summed E-state index contributed by atoms with van der Waals surface area (Å²) in [6.45, 7) is 16.7. The normalized spacial score (nSPS) is 19.5. The van der Waals surface area contributed by atoms with Gasteiger partial charge in [0.2, 0.25) is 0 Å². The Hall–Kier alpha value is -3.09. The molecule has 0 aromatic heterocycles. The monoisotopic (exact) mass is 633 g/mol. The minimum Gasteiger partial charge on any atom is -0.490 e. The van der Waals surface area contributed by atoms with Crippen molar-refractivity contribution in [3.05, 3.63) is 80.1 Å². The molecule has 0 spiro atoms. The molecule has 0 N–H and O–H groups in total. The van der Waals surface area contributed by atoms with E-state index in [9.17, 15) is 9.59 Å². The summed E-state index contributed by atoms with van der Waals surface area (Å²) in [6.07, 6.45) is 3.17. The summed E-state index contributed by atoms with van der Waals surface area (Å²) in [5.41, 5.74) is 7.31. The Kier molecular flexibility index (Phi) is 9.58. The van der Waals surface area contributed by atoms with Crippen LogP contribution in [0.3, 0.4) is 0 Å². The van der Waals surface area contributed by atoms with E-state index in [0.717, 1.165) is 52.9 Å². The molecule has 2 aromatic carbocycles. The van der Waals surface area contributed by atoms with Gasteiger partial charge in [-0.3, -0.25) is 9.59 Å². The van der Waals surface area contributed by atoms with E-state index in [0.29, 0.717) is 55.7 Å². The van der Waals surface area contributed by atoms with E-state index in [1.54, 1.807) is 7.11 Å². The Labute approximate surface area is 273 Å². The molecule has 3 aliphatic rings. The van der Waals surface area contributed by atoms with E-state index in [4.69, 9.17) is 25.8 Å². The molecule has 0 unspecified atom stereocenters. The van der Waals surface area contributed by atoms with Gasteiger partial charge in [-0.25, -0.2) is 0 Å². The van der Waals surface area contributed by atoms with Crippen LogP contribution in [0.5, 0.6) is 11.5 Å². The summed E-state index contributed by atoms with van der Waals surface area (Å²) in [5, 5.41) is 0.402. The van der Waals surface area contributed by atoms with Gasteiger partial charge in [0.1, 0.15) is 6.61 Å². The largest absolute Gasteiger partial charge is 0.490 e. The molecule has 7 heteroatoms. The number of rotatable bonds is 10. The maximum Gasteiger partial charge on any atom is 0.180 e. The van der Waals surface area contributed by atoms with Crippen LogP contribution < -0.4 is 9.47 Å². The second kappa shape index (κ2) is 13.0. The minimum atomic E-state index is -0.508. The summed E-state index contributed by atoms with van der Waals surface area (Å²) < 4.78 is 17.8. The first-order valence-corrected chi connectivity index (χ1v) is 16.6. The lowest BCUT2D eigenvalue weighted by molar-refractivity contribution is -0.119. The van der Waals surface area contributed by atoms with Gasteiger partial charge in [0, 0.05) is 61.6 Å². The van der Waals surface area contributed by atoms with Crippen LogP contribution in [0.2, 0.25) is 5.02 Å². The van der Waals surface area contributed by atoms with Crippen LogP contribution in [0.15, 0.2) is 52.9 Å². The summed E-state index contributed by atoms with van der Waals surface area (Å²) in [6, 6.07) is 10.1. The average Bonchev–Trinajstić information content (AvgIpc) is 2.91. The molecule has 1 aliphatic heterocycles. The van der Waals surface area contributed by atoms with Crippen LogP contribution in [0.1, 0.15) is 94.9 Å². The highest BCUT2D eigenvalue weighted by Gasteiger charge is 2.49. The number of nitrogens with zero attached hydrogens (tertiary/aromatic N) is 1. The van der Waals surface area contributed by atoms with Gasteiger partial charge in [0.25, 0.3) is 0 Å². The van der Waals surface area contributed by atoms with Gasteiger partial charge >= 0.3 is 0 Å². The van der Waals surface area contributed by atoms with Crippen molar-refractivity contribution < 1.29 is 23.8 Å². The molecule has 242 valence electrons. The van der Waals surface area contributed by atoms with Gasteiger partial charge in [-0.2, -0.15) is 0 Å². The maximum atomic E-state index is 14.2. The lowest BCUT2D eigenvalue weighted by Crippen LogP contribution is -2.44. The number of ether oxygens (including phenoxy) is 3. The Morgan fingerprint density at radius 2 is 1.42 bits per heavy atom. The third kappa shape index (κ3) is 7.02. The Morgan fingerprint density at radius 1 is 0.844 bits per heavy atom. The first-order chi connectivity index (χ1) is 21.2. The summed E-state index contributed by atoms with van der Waals surface area (Å²) in [4.78, 5) is 30.6. The number of hydrogen-bond acceptors (Lipinski definition) is 6. The Morgan fingerprint density at radius 3 is 1.96 bits per heavy atom. The highest BCUT2D eigenvalue weighted by Crippen LogP contribution is 2.55. The fourth-order valence-corrected chi connectivity index (χ4v) is 7.76. The third-order valence-corrected chi connectivity index (χ3v) is 9.36. The molecule has 6 nitrogen and oxygen atoms in total. The number of allylic oxidation sites excluding steroid dienone is 4. The SMILES string of the molecule is CCOc1cc(C2C3=C(CC(C)(C)CC3=O)N(CCCOC)C3=C2C(=O)CC(C)(C)C3)cc(Cl)c1OCc1cc(C)cc(C)c1. The van der Waals surface area contributed by atoms with Crippen LogP contribution in [0, 0.1) is 24.7 Å². The molecule has 0 bridgehead atoms. The first-order valence-electron chi connectivity index (χ1n) is 16.2. The van der Waals surface area contributed by atoms with Crippen molar-refractivity contribution in [3.8, 4) is 11.5 Å². The summed E-state index contributed by atoms with van der Waals surface area (Å²) in [5.74, 6) is 0.663. The molecule has 0 amide bonds. The molecule has 0 atom stereocenters. The van der Waals surface area contributed by atoms with Crippen LogP contribution in [0.4, 0.5) is 0 Å². The average molecular weight is 634 g/mol. The topological polar surface area (TPSA) is 65.1 Å². The maximum absolute atomic E-state index is 14.2. The van der Waals surface area contributed by atoms with Crippen molar-refractivity contribution in [1.82, 2.24) is 4.90 Å². The zero-order valence-electron chi connectivity index (χ0n) is 28.2. The number of halogens is 1. The van der Waals surface area contributed by atoms with Gasteiger partial charge in [-0.05, 0) is 74.1 Å². The number of hydrogen-bond donors (Lipinski definition) is 0. The number of carbonyl (C=O) groups is 2. The Bertz CT molecular complexity index is 1490. The van der Waals surface area contributed by atoms with E-state index in [1.807, 2.05) is 19.1 Å². The zero-order chi connectivity index (χ0) is 32.7. The molecule has 45 heavy (non-hydrogen) atoms. The molecule has 5 rings (SSSR count). The van der Waals surface area contributed by atoms with Crippen LogP contribution >= 0.6 is 11.6 Å². The molecule has 0 radical (unpaired) electrons. The number of ketones is 2. The van der Waals surface area contributed by atoms with E-state index in [1.165, 1.54) is 11.1 Å². The number of aryl methyl sites for hydroxylation is 2. The summed E-state index contributed by atoms with van der Waals surface area (Å²) in [7, 11) is 1.71. The van der Waals surface area contributed by atoms with Crippen molar-refractivity contribution in [3.63, 3.8) is 0 Å². The highest BCUT2D eigenvalue weighted by atomic mass is 35.5. The van der Waals surface area contributed by atoms with Crippen LogP contribution in [0.25, 0.3) is 0 Å². The zero-order valence-corrected chi connectivity index (χ0v) is 29.0. The molecule has 0 saturated heterocycles. The van der Waals surface area contributed by atoms with Crippen LogP contribution in [-0.4, -0.2) is 43.3 Å². The molecular formula is C38H48ClNO5. The van der Waals surface area contributed by atoms with Crippen molar-refractivity contribution in [2.24, 2.45) is 10.8 Å². The number of methoxy groups -OCH3 is 1. The molecule has 2 aromatic rings. The summed E-state index contributed by atoms with van der Waals surface area (Å²) >= 11 is 7.01. The van der Waals surface area contributed by atoms with Crippen molar-refractivity contribution in [1.29, 1.82) is 0 Å². The van der Waals surface area contributed by atoms with E-state index in [-0.39, 0.29) is 22.4 Å². The van der Waals surface area contributed by atoms with Crippen molar-refractivity contribution in [2.75, 3.05) is 26.9 Å². The van der Waals surface area contributed by atoms with Gasteiger partial charge in [-0.1, -0.05) is 68.6 Å². The molecule has 0 saturated carbocycles. The molecular weight excluding hydrogens is 586 g/mol. The quantitative estimate of drug-likeness (QED) is 0.244. The minimum absolute atomic E-state index is 0.0939. The van der Waals surface area contributed by atoms with Crippen LogP contribution in [-0.2, 0) is 20.9 Å². The Balaban J connectivity index is 1.65. The highest BCUT2D eigenvalue weighted by molar-refractivity contribution is 6.32. The van der Waals surface area contributed by atoms with E-state index < -0.39 is 5.92 Å². The van der Waals surface area contributed by atoms with Gasteiger partial charge in [0.05, 0.1) is 11.6 Å². The number of benzene rings is 2. The lowest BCUT2D eigenvalue weighted by atomic mass is 9.63. The predicted molar refractivity (Wildman–Crippen MR) is 179 cm³/mol. The fraction of sp³-hybridized carbons (Fsp3) is 0.526. The smallest absolute Gasteiger partial charge is 0.180 e. The lowest BCUT2D eigenvalue weighted by Gasteiger charge is -2.49. The fourth-order valence-electron chi connectivity index (χ4n) is 7.48. The standard InChI is InChI=1S/C38H48ClNO5/c1-9-44-32-17-26(16-27(39)36(32)45-22-25-14-23(2)13-24(3)15-25)33-34-28(18-37(4,5)20-30(34)41)40(11-10-12-43-8)29-19-38(6,7)21-31(42)35(29)33/h13-17,33H,9-12,18-22H2,1-8H3. The third-order valence-electron chi connectivity index (χ3n) is 9.08. The number of Topliss-reactive ketones (excluding diaryl/α,β-unsaturated/α-hetero) is 2. The second-order valence-corrected chi connectivity index (χ2v) is 15.0. The van der Waals surface area contributed by atoms with Crippen molar-refractivity contribution in [2.45, 2.75) is 93.1 Å². The van der Waals surface area contributed by atoms with Gasteiger partial charge < -0.3 is 19.1 Å². The second-order valence-electron chi connectivity index (χ2n) is 14.6. The predicted octanol–water partition coefficient (Wildman–Crippen LogP) is 8.66. The number of carbonyl (C=O) groups excluding carboxylic acids is 2. The van der Waals surface area contributed by atoms with Gasteiger partial charge in [-0.15, -0.1) is 0 Å². The molecule has 1 heterocycles. The van der Waals surface area contributed by atoms with Crippen molar-refractivity contribution >= 4 is 23.2 Å². The molecule has 2 aliphatic carbocycles. The van der Waals surface area contributed by atoms with E-state index >= 15 is 0 Å². The van der Waals surface area contributed by atoms with E-state index in [2.05, 4.69) is 64.6 Å².